The van der Waals surface area contributed by atoms with Gasteiger partial charge in [0.05, 0.1) is 0 Å². The lowest BCUT2D eigenvalue weighted by molar-refractivity contribution is 0.102. The molecule has 0 radical (unpaired) electrons. The van der Waals surface area contributed by atoms with Crippen molar-refractivity contribution in [3.63, 3.8) is 0 Å². The third-order valence-corrected chi connectivity index (χ3v) is 5.09. The highest BCUT2D eigenvalue weighted by Gasteiger charge is 2.15. The van der Waals surface area contributed by atoms with Gasteiger partial charge in [0.25, 0.3) is 5.91 Å². The van der Waals surface area contributed by atoms with Crippen LogP contribution in [0.5, 0.6) is 0 Å². The van der Waals surface area contributed by atoms with E-state index in [0.29, 0.717) is 5.69 Å². The van der Waals surface area contributed by atoms with Crippen LogP contribution in [0.3, 0.4) is 0 Å². The molecule has 1 amide bonds. The molecule has 6 nitrogen and oxygen atoms in total. The molecule has 0 bridgehead atoms. The van der Waals surface area contributed by atoms with Crippen LogP contribution in [0.15, 0.2) is 42.0 Å². The highest BCUT2D eigenvalue weighted by molar-refractivity contribution is 7.15. The predicted molar refractivity (Wildman–Crippen MR) is 97.2 cm³/mol. The molecule has 1 aromatic carbocycles. The monoisotopic (exact) mass is 341 g/mol. The van der Waals surface area contributed by atoms with Gasteiger partial charge in [-0.25, -0.2) is 4.98 Å². The molecule has 24 heavy (non-hydrogen) atoms. The summed E-state index contributed by atoms with van der Waals surface area (Å²) in [6, 6.07) is 8.02. The van der Waals surface area contributed by atoms with E-state index in [4.69, 9.17) is 0 Å². The largest absolute Gasteiger partial charge is 0.369 e. The first-order chi connectivity index (χ1) is 11.7. The van der Waals surface area contributed by atoms with E-state index in [1.165, 1.54) is 17.0 Å². The van der Waals surface area contributed by atoms with Crippen molar-refractivity contribution in [1.82, 2.24) is 14.3 Å². The summed E-state index contributed by atoms with van der Waals surface area (Å²) in [6.07, 6.45) is 3.65. The van der Waals surface area contributed by atoms with Crippen LogP contribution in [-0.2, 0) is 0 Å². The highest BCUT2D eigenvalue weighted by Crippen LogP contribution is 2.20. The van der Waals surface area contributed by atoms with Crippen molar-refractivity contribution >= 4 is 33.6 Å². The number of hydrogen-bond donors (Lipinski definition) is 1. The number of fused-ring (bicyclic) bond motifs is 1. The molecule has 0 spiro atoms. The van der Waals surface area contributed by atoms with Crippen LogP contribution >= 0.6 is 11.3 Å². The molecular formula is C17H19N5OS. The van der Waals surface area contributed by atoms with E-state index in [1.807, 2.05) is 28.1 Å². The number of rotatable bonds is 3. The third kappa shape index (κ3) is 3.00. The summed E-state index contributed by atoms with van der Waals surface area (Å²) in [7, 11) is 2.15. The maximum atomic E-state index is 12.3. The molecule has 3 heterocycles. The smallest absolute Gasteiger partial charge is 0.275 e. The normalized spacial score (nSPS) is 15.8. The molecule has 1 saturated heterocycles. The van der Waals surface area contributed by atoms with Crippen LogP contribution in [0.2, 0.25) is 0 Å². The van der Waals surface area contributed by atoms with Gasteiger partial charge in [-0.05, 0) is 31.3 Å². The fourth-order valence-corrected chi connectivity index (χ4v) is 3.55. The SMILES string of the molecule is CN1CCN(c2ccc(NC(=O)c3cn4ccsc4n3)cc2)CC1. The molecule has 0 atom stereocenters. The van der Waals surface area contributed by atoms with E-state index in [2.05, 4.69) is 39.3 Å². The molecule has 1 aliphatic heterocycles. The van der Waals surface area contributed by atoms with Crippen LogP contribution in [0.4, 0.5) is 11.4 Å². The second-order valence-corrected chi connectivity index (χ2v) is 6.88. The van der Waals surface area contributed by atoms with Crippen molar-refractivity contribution in [2.24, 2.45) is 0 Å². The lowest BCUT2D eigenvalue weighted by atomic mass is 10.2. The number of imidazole rings is 1. The number of anilines is 2. The maximum absolute atomic E-state index is 12.3. The molecular weight excluding hydrogens is 322 g/mol. The van der Waals surface area contributed by atoms with Gasteiger partial charge in [0.15, 0.2) is 4.96 Å². The Hall–Kier alpha value is -2.38. The van der Waals surface area contributed by atoms with Crippen LogP contribution in [-0.4, -0.2) is 53.4 Å². The lowest BCUT2D eigenvalue weighted by Gasteiger charge is -2.34. The van der Waals surface area contributed by atoms with Gasteiger partial charge in [0.2, 0.25) is 0 Å². The first-order valence-electron chi connectivity index (χ1n) is 7.96. The Morgan fingerprint density at radius 1 is 1.17 bits per heavy atom. The Labute approximate surface area is 144 Å². The summed E-state index contributed by atoms with van der Waals surface area (Å²) in [5.74, 6) is -0.182. The Kier molecular flexibility index (Phi) is 3.95. The van der Waals surface area contributed by atoms with Crippen molar-refractivity contribution in [2.75, 3.05) is 43.4 Å². The molecule has 3 aromatic rings. The topological polar surface area (TPSA) is 52.9 Å². The predicted octanol–water partition coefficient (Wildman–Crippen LogP) is 2.40. The van der Waals surface area contributed by atoms with E-state index in [-0.39, 0.29) is 5.91 Å². The van der Waals surface area contributed by atoms with Crippen molar-refractivity contribution in [2.45, 2.75) is 0 Å². The lowest BCUT2D eigenvalue weighted by Crippen LogP contribution is -2.44. The molecule has 0 saturated carbocycles. The summed E-state index contributed by atoms with van der Waals surface area (Å²) < 4.78 is 1.86. The molecule has 0 aliphatic carbocycles. The number of hydrogen-bond acceptors (Lipinski definition) is 5. The number of nitrogens with one attached hydrogen (secondary N) is 1. The first kappa shape index (κ1) is 15.2. The minimum atomic E-state index is -0.182. The van der Waals surface area contributed by atoms with Gasteiger partial charge in [-0.15, -0.1) is 11.3 Å². The summed E-state index contributed by atoms with van der Waals surface area (Å²) >= 11 is 1.51. The van der Waals surface area contributed by atoms with Crippen molar-refractivity contribution in [3.05, 3.63) is 47.7 Å². The molecule has 1 N–H and O–H groups in total. The van der Waals surface area contributed by atoms with E-state index >= 15 is 0 Å². The quantitative estimate of drug-likeness (QED) is 0.795. The van der Waals surface area contributed by atoms with Gasteiger partial charge < -0.3 is 15.1 Å². The molecule has 1 fully saturated rings. The standard InChI is InChI=1S/C17H19N5OS/c1-20-6-8-21(9-7-20)14-4-2-13(3-5-14)18-16(23)15-12-22-10-11-24-17(22)19-15/h2-5,10-12H,6-9H2,1H3,(H,18,23). The van der Waals surface area contributed by atoms with Gasteiger partial charge in [-0.2, -0.15) is 0 Å². The number of carbonyl (C=O) groups excluding carboxylic acids is 1. The Morgan fingerprint density at radius 3 is 2.62 bits per heavy atom. The second-order valence-electron chi connectivity index (χ2n) is 6.01. The first-order valence-corrected chi connectivity index (χ1v) is 8.84. The van der Waals surface area contributed by atoms with Gasteiger partial charge >= 0.3 is 0 Å². The zero-order chi connectivity index (χ0) is 16.5. The van der Waals surface area contributed by atoms with Gasteiger partial charge in [0.1, 0.15) is 5.69 Å². The molecule has 7 heteroatoms. The molecule has 4 rings (SSSR count). The maximum Gasteiger partial charge on any atom is 0.275 e. The van der Waals surface area contributed by atoms with E-state index in [1.54, 1.807) is 6.20 Å². The minimum Gasteiger partial charge on any atom is -0.369 e. The number of carbonyl (C=O) groups is 1. The summed E-state index contributed by atoms with van der Waals surface area (Å²) in [6.45, 7) is 4.23. The second kappa shape index (κ2) is 6.26. The fourth-order valence-electron chi connectivity index (χ4n) is 2.85. The average Bonchev–Trinajstić information content (AvgIpc) is 3.18. The van der Waals surface area contributed by atoms with Crippen molar-refractivity contribution < 1.29 is 4.79 Å². The number of benzene rings is 1. The van der Waals surface area contributed by atoms with Gasteiger partial charge in [-0.1, -0.05) is 0 Å². The number of piperazine rings is 1. The number of aromatic nitrogens is 2. The number of likely N-dealkylation sites (N-methyl/N-ethyl adjacent to an activating group) is 1. The molecule has 2 aromatic heterocycles. The van der Waals surface area contributed by atoms with Gasteiger partial charge in [-0.3, -0.25) is 9.20 Å². The van der Waals surface area contributed by atoms with E-state index < -0.39 is 0 Å². The molecule has 0 unspecified atom stereocenters. The Bertz CT molecular complexity index is 817. The third-order valence-electron chi connectivity index (χ3n) is 4.32. The zero-order valence-electron chi connectivity index (χ0n) is 13.5. The summed E-state index contributed by atoms with van der Waals surface area (Å²) in [5, 5.41) is 4.85. The van der Waals surface area contributed by atoms with Crippen molar-refractivity contribution in [3.8, 4) is 0 Å². The minimum absolute atomic E-state index is 0.182. The van der Waals surface area contributed by atoms with Crippen molar-refractivity contribution in [1.29, 1.82) is 0 Å². The Balaban J connectivity index is 1.43. The summed E-state index contributed by atoms with van der Waals surface area (Å²) in [4.78, 5) is 22.2. The fraction of sp³-hybridized carbons (Fsp3) is 0.294. The number of thiazole rings is 1. The average molecular weight is 341 g/mol. The molecule has 1 aliphatic rings. The zero-order valence-corrected chi connectivity index (χ0v) is 14.3. The van der Waals surface area contributed by atoms with Crippen LogP contribution in [0.25, 0.3) is 4.96 Å². The number of amides is 1. The summed E-state index contributed by atoms with van der Waals surface area (Å²) in [5.41, 5.74) is 2.42. The van der Waals surface area contributed by atoms with Crippen LogP contribution in [0.1, 0.15) is 10.5 Å². The van der Waals surface area contributed by atoms with Crippen LogP contribution in [0, 0.1) is 0 Å². The number of nitrogens with zero attached hydrogens (tertiary/aromatic N) is 4. The van der Waals surface area contributed by atoms with E-state index in [0.717, 1.165) is 36.8 Å². The van der Waals surface area contributed by atoms with E-state index in [9.17, 15) is 4.79 Å². The molecule has 124 valence electrons. The Morgan fingerprint density at radius 2 is 1.92 bits per heavy atom. The van der Waals surface area contributed by atoms with Gasteiger partial charge in [0, 0.05) is 55.3 Å². The highest BCUT2D eigenvalue weighted by atomic mass is 32.1. The van der Waals surface area contributed by atoms with Crippen LogP contribution < -0.4 is 10.2 Å².